The Kier molecular flexibility index (Phi) is 4.91. The molecule has 1 amide bonds. The lowest BCUT2D eigenvalue weighted by Crippen LogP contribution is -2.17. The Hall–Kier alpha value is -4.04. The molecular formula is C24H20N6OS. The molecule has 7 nitrogen and oxygen atoms in total. The van der Waals surface area contributed by atoms with Crippen LogP contribution in [-0.2, 0) is 0 Å². The summed E-state index contributed by atoms with van der Waals surface area (Å²) in [6, 6.07) is 17.8. The first-order valence-corrected chi connectivity index (χ1v) is 10.9. The minimum Gasteiger partial charge on any atom is -0.382 e. The van der Waals surface area contributed by atoms with Gasteiger partial charge in [-0.1, -0.05) is 41.5 Å². The molecule has 0 fully saturated rings. The van der Waals surface area contributed by atoms with Gasteiger partial charge in [-0.3, -0.25) is 4.79 Å². The molecule has 0 atom stereocenters. The van der Waals surface area contributed by atoms with Gasteiger partial charge in [0.15, 0.2) is 0 Å². The minimum atomic E-state index is -0.466. The smallest absolute Gasteiger partial charge is 0.294 e. The lowest BCUT2D eigenvalue weighted by Gasteiger charge is -2.13. The fraction of sp³-hybridized carbons (Fsp3) is 0.0833. The number of nitrogens with two attached hydrogens (primary N) is 1. The summed E-state index contributed by atoms with van der Waals surface area (Å²) in [5.74, 6) is 0.878. The Labute approximate surface area is 188 Å². The Morgan fingerprint density at radius 3 is 2.53 bits per heavy atom. The van der Waals surface area contributed by atoms with Gasteiger partial charge in [0.1, 0.15) is 17.5 Å². The molecule has 5 aromatic rings. The maximum atomic E-state index is 13.0. The number of carbonyl (C=O) groups excluding carboxylic acids is 1. The van der Waals surface area contributed by atoms with Crippen LogP contribution in [-0.4, -0.2) is 20.9 Å². The summed E-state index contributed by atoms with van der Waals surface area (Å²) in [7, 11) is 0. The molecule has 0 bridgehead atoms. The van der Waals surface area contributed by atoms with Gasteiger partial charge in [-0.05, 0) is 48.9 Å². The monoisotopic (exact) mass is 440 g/mol. The average Bonchev–Trinajstić information content (AvgIpc) is 3.24. The zero-order valence-electron chi connectivity index (χ0n) is 17.5. The first-order valence-electron chi connectivity index (χ1n) is 10.0. The molecule has 0 spiro atoms. The number of aromatic nitrogens is 3. The van der Waals surface area contributed by atoms with Gasteiger partial charge in [0.05, 0.1) is 10.2 Å². The van der Waals surface area contributed by atoms with Crippen molar-refractivity contribution in [2.45, 2.75) is 13.8 Å². The van der Waals surface area contributed by atoms with Crippen molar-refractivity contribution in [1.29, 1.82) is 0 Å². The molecule has 4 N–H and O–H groups in total. The molecule has 2 aromatic carbocycles. The highest BCUT2D eigenvalue weighted by molar-refractivity contribution is 7.17. The van der Waals surface area contributed by atoms with Crippen LogP contribution in [0.3, 0.4) is 0 Å². The van der Waals surface area contributed by atoms with Crippen molar-refractivity contribution in [1.82, 2.24) is 15.0 Å². The van der Waals surface area contributed by atoms with E-state index in [0.717, 1.165) is 26.7 Å². The number of fused-ring (bicyclic) bond motifs is 2. The van der Waals surface area contributed by atoms with Crippen LogP contribution < -0.4 is 16.4 Å². The van der Waals surface area contributed by atoms with Crippen molar-refractivity contribution >= 4 is 61.4 Å². The van der Waals surface area contributed by atoms with Crippen LogP contribution in [0.15, 0.2) is 60.0 Å². The Morgan fingerprint density at radius 2 is 1.72 bits per heavy atom. The largest absolute Gasteiger partial charge is 0.382 e. The SMILES string of the molecule is Cc1ccc(Nc2cc3cc(C)ccc3c(NC(=O)c3nc(N)c4sccc4n3)n2)cc1. The molecule has 0 unspecified atom stereocenters. The molecule has 0 aliphatic rings. The lowest BCUT2D eigenvalue weighted by atomic mass is 10.1. The summed E-state index contributed by atoms with van der Waals surface area (Å²) in [6.45, 7) is 4.06. The first-order chi connectivity index (χ1) is 15.5. The molecule has 158 valence electrons. The zero-order chi connectivity index (χ0) is 22.2. The van der Waals surface area contributed by atoms with Crippen LogP contribution in [0, 0.1) is 13.8 Å². The van der Waals surface area contributed by atoms with Gasteiger partial charge in [-0.25, -0.2) is 15.0 Å². The number of nitrogen functional groups attached to an aromatic ring is 1. The number of benzene rings is 2. The van der Waals surface area contributed by atoms with Gasteiger partial charge in [-0.15, -0.1) is 11.3 Å². The molecule has 0 saturated heterocycles. The second-order valence-electron chi connectivity index (χ2n) is 7.59. The van der Waals surface area contributed by atoms with Crippen LogP contribution in [0.4, 0.5) is 23.1 Å². The van der Waals surface area contributed by atoms with E-state index in [2.05, 4.69) is 31.7 Å². The highest BCUT2D eigenvalue weighted by atomic mass is 32.1. The quantitative estimate of drug-likeness (QED) is 0.344. The topological polar surface area (TPSA) is 106 Å². The number of anilines is 4. The first kappa shape index (κ1) is 19.9. The molecule has 3 heterocycles. The highest BCUT2D eigenvalue weighted by Crippen LogP contribution is 2.28. The van der Waals surface area contributed by atoms with Crippen molar-refractivity contribution in [3.63, 3.8) is 0 Å². The van der Waals surface area contributed by atoms with E-state index in [0.29, 0.717) is 23.0 Å². The van der Waals surface area contributed by atoms with E-state index in [1.807, 2.05) is 67.8 Å². The third kappa shape index (κ3) is 3.83. The van der Waals surface area contributed by atoms with E-state index >= 15 is 0 Å². The number of amides is 1. The van der Waals surface area contributed by atoms with Crippen LogP contribution in [0.25, 0.3) is 21.0 Å². The maximum Gasteiger partial charge on any atom is 0.294 e. The summed E-state index contributed by atoms with van der Waals surface area (Å²) < 4.78 is 0.768. The van der Waals surface area contributed by atoms with Crippen molar-refractivity contribution in [2.75, 3.05) is 16.4 Å². The number of thiophene rings is 1. The van der Waals surface area contributed by atoms with Crippen molar-refractivity contribution in [3.8, 4) is 0 Å². The number of hydrogen-bond acceptors (Lipinski definition) is 7. The number of hydrogen-bond donors (Lipinski definition) is 3. The minimum absolute atomic E-state index is 0.00681. The van der Waals surface area contributed by atoms with Gasteiger partial charge in [-0.2, -0.15) is 0 Å². The summed E-state index contributed by atoms with van der Waals surface area (Å²) in [5.41, 5.74) is 9.86. The Bertz CT molecular complexity index is 1480. The van der Waals surface area contributed by atoms with Crippen molar-refractivity contribution in [3.05, 3.63) is 76.9 Å². The predicted octanol–water partition coefficient (Wildman–Crippen LogP) is 5.43. The Morgan fingerprint density at radius 1 is 0.938 bits per heavy atom. The van der Waals surface area contributed by atoms with E-state index in [1.54, 1.807) is 0 Å². The van der Waals surface area contributed by atoms with Crippen LogP contribution >= 0.6 is 11.3 Å². The normalized spacial score (nSPS) is 11.1. The molecule has 0 radical (unpaired) electrons. The number of rotatable bonds is 4. The Balaban J connectivity index is 1.53. The summed E-state index contributed by atoms with van der Waals surface area (Å²) in [6.07, 6.45) is 0. The molecule has 0 saturated carbocycles. The van der Waals surface area contributed by atoms with Gasteiger partial charge >= 0.3 is 0 Å². The summed E-state index contributed by atoms with van der Waals surface area (Å²) in [4.78, 5) is 26.2. The fourth-order valence-corrected chi connectivity index (χ4v) is 4.21. The molecule has 0 aliphatic carbocycles. The van der Waals surface area contributed by atoms with Gasteiger partial charge < -0.3 is 16.4 Å². The van der Waals surface area contributed by atoms with E-state index in [4.69, 9.17) is 5.73 Å². The predicted molar refractivity (Wildman–Crippen MR) is 131 cm³/mol. The molecule has 0 aliphatic heterocycles. The molecule has 3 aromatic heterocycles. The van der Waals surface area contributed by atoms with Gasteiger partial charge in [0, 0.05) is 11.1 Å². The van der Waals surface area contributed by atoms with E-state index < -0.39 is 5.91 Å². The highest BCUT2D eigenvalue weighted by Gasteiger charge is 2.16. The van der Waals surface area contributed by atoms with Crippen molar-refractivity contribution < 1.29 is 4.79 Å². The van der Waals surface area contributed by atoms with E-state index in [1.165, 1.54) is 16.9 Å². The standard InChI is InChI=1S/C24H20N6OS/c1-13-3-6-16(7-4-13)26-19-12-15-11-14(2)5-8-17(15)22(28-19)30-24(31)23-27-18-9-10-32-20(18)21(25)29-23/h3-12H,1-2H3,(H2,25,27,29)(H2,26,28,30,31). The zero-order valence-corrected chi connectivity index (χ0v) is 18.3. The molecule has 5 rings (SSSR count). The maximum absolute atomic E-state index is 13.0. The number of nitrogens with zero attached hydrogens (tertiary/aromatic N) is 3. The van der Waals surface area contributed by atoms with E-state index in [-0.39, 0.29) is 5.82 Å². The number of nitrogens with one attached hydrogen (secondary N) is 2. The molecule has 32 heavy (non-hydrogen) atoms. The molecular weight excluding hydrogens is 420 g/mol. The van der Waals surface area contributed by atoms with E-state index in [9.17, 15) is 4.79 Å². The summed E-state index contributed by atoms with van der Waals surface area (Å²) in [5, 5.41) is 9.84. The molecule has 8 heteroatoms. The summed E-state index contributed by atoms with van der Waals surface area (Å²) >= 11 is 1.44. The third-order valence-corrected chi connectivity index (χ3v) is 6.00. The van der Waals surface area contributed by atoms with Gasteiger partial charge in [0.2, 0.25) is 5.82 Å². The van der Waals surface area contributed by atoms with Gasteiger partial charge in [0.25, 0.3) is 5.91 Å². The van der Waals surface area contributed by atoms with Crippen LogP contribution in [0.5, 0.6) is 0 Å². The number of carbonyl (C=O) groups is 1. The van der Waals surface area contributed by atoms with Crippen molar-refractivity contribution in [2.24, 2.45) is 0 Å². The fourth-order valence-electron chi connectivity index (χ4n) is 3.47. The van der Waals surface area contributed by atoms with Crippen LogP contribution in [0.2, 0.25) is 0 Å². The second-order valence-corrected chi connectivity index (χ2v) is 8.51. The third-order valence-electron chi connectivity index (χ3n) is 5.08. The number of aryl methyl sites for hydroxylation is 2. The lowest BCUT2D eigenvalue weighted by molar-refractivity contribution is 0.101. The average molecular weight is 441 g/mol. The van der Waals surface area contributed by atoms with Crippen LogP contribution in [0.1, 0.15) is 21.7 Å². The number of pyridine rings is 1. The second kappa shape index (κ2) is 7.90.